The second kappa shape index (κ2) is 9.73. The third-order valence-corrected chi connectivity index (χ3v) is 3.95. The predicted octanol–water partition coefficient (Wildman–Crippen LogP) is 0.0449. The monoisotopic (exact) mass is 298 g/mol. The van der Waals surface area contributed by atoms with Gasteiger partial charge in [0.15, 0.2) is 0 Å². The summed E-state index contributed by atoms with van der Waals surface area (Å²) < 4.78 is 0. The Balaban J connectivity index is 2.39. The van der Waals surface area contributed by atoms with Crippen LogP contribution in [0.4, 0.5) is 0 Å². The fraction of sp³-hybridized carbons (Fsp3) is 0.867. The van der Waals surface area contributed by atoms with E-state index in [4.69, 9.17) is 0 Å². The molecule has 2 amide bonds. The molecule has 1 rings (SSSR count). The highest BCUT2D eigenvalue weighted by Gasteiger charge is 2.23. The van der Waals surface area contributed by atoms with Crippen LogP contribution in [-0.4, -0.2) is 74.0 Å². The van der Waals surface area contributed by atoms with Gasteiger partial charge in [-0.05, 0) is 38.9 Å². The molecule has 0 aromatic carbocycles. The second-order valence-corrected chi connectivity index (χ2v) is 5.64. The molecule has 0 saturated carbocycles. The van der Waals surface area contributed by atoms with Crippen molar-refractivity contribution in [2.75, 3.05) is 46.3 Å². The van der Waals surface area contributed by atoms with E-state index in [1.54, 1.807) is 7.05 Å². The first kappa shape index (κ1) is 17.9. The van der Waals surface area contributed by atoms with Crippen LogP contribution >= 0.6 is 0 Å². The highest BCUT2D eigenvalue weighted by atomic mass is 16.2. The molecule has 1 saturated heterocycles. The van der Waals surface area contributed by atoms with E-state index < -0.39 is 0 Å². The minimum Gasteiger partial charge on any atom is -0.355 e. The van der Waals surface area contributed by atoms with Crippen molar-refractivity contribution < 1.29 is 9.59 Å². The molecule has 1 heterocycles. The Hall–Kier alpha value is -1.14. The van der Waals surface area contributed by atoms with Gasteiger partial charge < -0.3 is 15.5 Å². The first-order valence-corrected chi connectivity index (χ1v) is 8.03. The van der Waals surface area contributed by atoms with Crippen LogP contribution in [0.1, 0.15) is 33.1 Å². The molecule has 0 aliphatic carbocycles. The van der Waals surface area contributed by atoms with E-state index >= 15 is 0 Å². The highest BCUT2D eigenvalue weighted by molar-refractivity contribution is 5.85. The minimum atomic E-state index is -0.0855. The predicted molar refractivity (Wildman–Crippen MR) is 84.1 cm³/mol. The van der Waals surface area contributed by atoms with Gasteiger partial charge in [0.25, 0.3) is 0 Å². The van der Waals surface area contributed by atoms with Gasteiger partial charge in [-0.25, -0.2) is 0 Å². The molecule has 21 heavy (non-hydrogen) atoms. The van der Waals surface area contributed by atoms with Gasteiger partial charge in [-0.2, -0.15) is 0 Å². The Kier molecular flexibility index (Phi) is 8.30. The third kappa shape index (κ3) is 6.44. The van der Waals surface area contributed by atoms with Gasteiger partial charge in [0, 0.05) is 19.6 Å². The van der Waals surface area contributed by atoms with Crippen molar-refractivity contribution >= 4 is 11.8 Å². The standard InChI is InChI=1S/C15H30N4O2/c1-4-8-17-14(20)11-18(3)15(21)12-19(5-2)13-6-9-16-10-7-13/h13,16H,4-12H2,1-3H3,(H,17,20). The molecule has 6 nitrogen and oxygen atoms in total. The van der Waals surface area contributed by atoms with E-state index in [1.807, 2.05) is 6.92 Å². The number of rotatable bonds is 8. The van der Waals surface area contributed by atoms with E-state index in [1.165, 1.54) is 4.90 Å². The Morgan fingerprint density at radius 1 is 1.19 bits per heavy atom. The number of hydrogen-bond donors (Lipinski definition) is 2. The molecule has 0 radical (unpaired) electrons. The average molecular weight is 298 g/mol. The molecule has 1 aliphatic heterocycles. The summed E-state index contributed by atoms with van der Waals surface area (Å²) in [6.07, 6.45) is 3.08. The quantitative estimate of drug-likeness (QED) is 0.664. The Morgan fingerprint density at radius 3 is 2.43 bits per heavy atom. The van der Waals surface area contributed by atoms with E-state index in [0.29, 0.717) is 19.1 Å². The fourth-order valence-electron chi connectivity index (χ4n) is 2.59. The second-order valence-electron chi connectivity index (χ2n) is 5.64. The van der Waals surface area contributed by atoms with Gasteiger partial charge in [0.05, 0.1) is 13.1 Å². The van der Waals surface area contributed by atoms with Crippen LogP contribution in [-0.2, 0) is 9.59 Å². The summed E-state index contributed by atoms with van der Waals surface area (Å²) in [5.74, 6) is -0.0698. The molecule has 2 N–H and O–H groups in total. The van der Waals surface area contributed by atoms with Crippen LogP contribution in [0.15, 0.2) is 0 Å². The zero-order valence-corrected chi connectivity index (χ0v) is 13.7. The van der Waals surface area contributed by atoms with Crippen LogP contribution in [0, 0.1) is 0 Å². The van der Waals surface area contributed by atoms with Crippen molar-refractivity contribution in [2.45, 2.75) is 39.2 Å². The van der Waals surface area contributed by atoms with E-state index in [-0.39, 0.29) is 18.4 Å². The first-order chi connectivity index (χ1) is 10.1. The summed E-state index contributed by atoms with van der Waals surface area (Å²) in [5, 5.41) is 6.13. The van der Waals surface area contributed by atoms with E-state index in [2.05, 4.69) is 22.5 Å². The normalized spacial score (nSPS) is 16.0. The van der Waals surface area contributed by atoms with Crippen LogP contribution < -0.4 is 10.6 Å². The average Bonchev–Trinajstić information content (AvgIpc) is 2.51. The molecule has 1 fully saturated rings. The van der Waals surface area contributed by atoms with Crippen molar-refractivity contribution in [3.63, 3.8) is 0 Å². The van der Waals surface area contributed by atoms with Crippen molar-refractivity contribution in [3.8, 4) is 0 Å². The maximum atomic E-state index is 12.3. The van der Waals surface area contributed by atoms with E-state index in [9.17, 15) is 9.59 Å². The van der Waals surface area contributed by atoms with Crippen LogP contribution in [0.5, 0.6) is 0 Å². The zero-order valence-electron chi connectivity index (χ0n) is 13.7. The smallest absolute Gasteiger partial charge is 0.239 e. The summed E-state index contributed by atoms with van der Waals surface area (Å²) in [7, 11) is 1.70. The number of piperidine rings is 1. The van der Waals surface area contributed by atoms with Gasteiger partial charge in [0.2, 0.25) is 11.8 Å². The number of nitrogens with zero attached hydrogens (tertiary/aromatic N) is 2. The molecule has 0 spiro atoms. The Labute approximate surface area is 128 Å². The Morgan fingerprint density at radius 2 is 1.86 bits per heavy atom. The molecule has 6 heteroatoms. The summed E-state index contributed by atoms with van der Waals surface area (Å²) >= 11 is 0. The molecular weight excluding hydrogens is 268 g/mol. The van der Waals surface area contributed by atoms with Crippen molar-refractivity contribution in [3.05, 3.63) is 0 Å². The number of likely N-dealkylation sites (N-methyl/N-ethyl adjacent to an activating group) is 2. The third-order valence-electron chi connectivity index (χ3n) is 3.95. The molecular formula is C15H30N4O2. The lowest BCUT2D eigenvalue weighted by Crippen LogP contribution is -2.48. The lowest BCUT2D eigenvalue weighted by Gasteiger charge is -2.34. The highest BCUT2D eigenvalue weighted by Crippen LogP contribution is 2.11. The summed E-state index contributed by atoms with van der Waals surface area (Å²) in [6, 6.07) is 0.475. The summed E-state index contributed by atoms with van der Waals surface area (Å²) in [6.45, 7) is 8.20. The molecule has 0 atom stereocenters. The van der Waals surface area contributed by atoms with E-state index in [0.717, 1.165) is 38.9 Å². The lowest BCUT2D eigenvalue weighted by atomic mass is 10.0. The van der Waals surface area contributed by atoms with Gasteiger partial charge in [-0.3, -0.25) is 14.5 Å². The Bertz CT molecular complexity index is 330. The van der Waals surface area contributed by atoms with Gasteiger partial charge >= 0.3 is 0 Å². The molecule has 0 aromatic heterocycles. The topological polar surface area (TPSA) is 64.7 Å². The fourth-order valence-corrected chi connectivity index (χ4v) is 2.59. The first-order valence-electron chi connectivity index (χ1n) is 8.03. The maximum absolute atomic E-state index is 12.3. The van der Waals surface area contributed by atoms with Gasteiger partial charge in [0.1, 0.15) is 0 Å². The van der Waals surface area contributed by atoms with Crippen LogP contribution in [0.2, 0.25) is 0 Å². The number of nitrogens with one attached hydrogen (secondary N) is 2. The summed E-state index contributed by atoms with van der Waals surface area (Å²) in [5.41, 5.74) is 0. The van der Waals surface area contributed by atoms with Crippen molar-refractivity contribution in [1.82, 2.24) is 20.4 Å². The molecule has 0 aromatic rings. The number of hydrogen-bond acceptors (Lipinski definition) is 4. The van der Waals surface area contributed by atoms with Crippen LogP contribution in [0.25, 0.3) is 0 Å². The zero-order chi connectivity index (χ0) is 15.7. The number of amides is 2. The molecule has 1 aliphatic rings. The number of carbonyl (C=O) groups excluding carboxylic acids is 2. The molecule has 0 bridgehead atoms. The molecule has 122 valence electrons. The largest absolute Gasteiger partial charge is 0.355 e. The lowest BCUT2D eigenvalue weighted by molar-refractivity contribution is -0.136. The number of carbonyl (C=O) groups is 2. The van der Waals surface area contributed by atoms with Gasteiger partial charge in [-0.15, -0.1) is 0 Å². The van der Waals surface area contributed by atoms with Crippen molar-refractivity contribution in [2.24, 2.45) is 0 Å². The van der Waals surface area contributed by atoms with Crippen LogP contribution in [0.3, 0.4) is 0 Å². The molecule has 0 unspecified atom stereocenters. The SMILES string of the molecule is CCCNC(=O)CN(C)C(=O)CN(CC)C1CCNCC1. The van der Waals surface area contributed by atoms with Gasteiger partial charge in [-0.1, -0.05) is 13.8 Å². The maximum Gasteiger partial charge on any atom is 0.239 e. The minimum absolute atomic E-state index is 0.0158. The van der Waals surface area contributed by atoms with Crippen molar-refractivity contribution in [1.29, 1.82) is 0 Å². The summed E-state index contributed by atoms with van der Waals surface area (Å²) in [4.78, 5) is 27.6.